The molecule has 0 amide bonds. The van der Waals surface area contributed by atoms with Crippen molar-refractivity contribution in [3.8, 4) is 11.8 Å². The average molecular weight is 360 g/mol. The molecule has 0 aromatic carbocycles. The molecule has 1 aliphatic rings. The van der Waals surface area contributed by atoms with Crippen molar-refractivity contribution in [3.05, 3.63) is 93.4 Å². The van der Waals surface area contributed by atoms with Gasteiger partial charge in [-0.05, 0) is 24.6 Å². The summed E-state index contributed by atoms with van der Waals surface area (Å²) < 4.78 is 12.4. The molecule has 4 heterocycles. The zero-order valence-corrected chi connectivity index (χ0v) is 14.5. The van der Waals surface area contributed by atoms with Crippen LogP contribution in [-0.2, 0) is 6.54 Å². The van der Waals surface area contributed by atoms with Gasteiger partial charge in [0.1, 0.15) is 17.4 Å². The van der Waals surface area contributed by atoms with Crippen molar-refractivity contribution in [2.75, 3.05) is 0 Å². The maximum absolute atomic E-state index is 13.4. The highest BCUT2D eigenvalue weighted by Gasteiger charge is 2.34. The third-order valence-electron chi connectivity index (χ3n) is 4.63. The van der Waals surface area contributed by atoms with Gasteiger partial charge < -0.3 is 19.5 Å². The molecule has 0 radical (unpaired) electrons. The van der Waals surface area contributed by atoms with Crippen molar-refractivity contribution < 1.29 is 9.15 Å². The lowest BCUT2D eigenvalue weighted by Crippen LogP contribution is -2.32. The number of aromatic nitrogens is 2. The smallest absolute Gasteiger partial charge is 0.259 e. The molecule has 7 heteroatoms. The van der Waals surface area contributed by atoms with Crippen molar-refractivity contribution in [1.29, 1.82) is 5.26 Å². The van der Waals surface area contributed by atoms with E-state index in [4.69, 9.17) is 14.9 Å². The molecule has 0 bridgehead atoms. The van der Waals surface area contributed by atoms with Gasteiger partial charge in [0, 0.05) is 29.7 Å². The molecule has 7 nitrogen and oxygen atoms in total. The number of fused-ring (bicyclic) bond motifs is 1. The lowest BCUT2D eigenvalue weighted by Gasteiger charge is -2.26. The Bertz CT molecular complexity index is 1120. The Morgan fingerprint density at radius 2 is 2.26 bits per heavy atom. The van der Waals surface area contributed by atoms with E-state index in [0.717, 1.165) is 11.3 Å². The van der Waals surface area contributed by atoms with Crippen LogP contribution < -0.4 is 16.0 Å². The number of furan rings is 1. The van der Waals surface area contributed by atoms with Gasteiger partial charge in [0.15, 0.2) is 0 Å². The van der Waals surface area contributed by atoms with Crippen LogP contribution in [0.1, 0.15) is 28.3 Å². The summed E-state index contributed by atoms with van der Waals surface area (Å²) in [5.41, 5.74) is 8.57. The molecule has 0 unspecified atom stereocenters. The largest absolute Gasteiger partial charge is 0.472 e. The Kier molecular flexibility index (Phi) is 4.01. The normalized spacial score (nSPS) is 15.8. The number of nitrogens with two attached hydrogens (primary N) is 1. The van der Waals surface area contributed by atoms with Gasteiger partial charge in [-0.25, -0.2) is 0 Å². The standard InChI is InChI=1S/C20H16N4O3/c1-12-7-16-18(20(25)24(12)10-13-3-2-5-23-9-13)17(14-4-6-26-11-14)15(8-21)19(22)27-16/h2-7,9,11,17H,10,22H2,1H3/t17-/m0/s1. The Hall–Kier alpha value is -3.79. The maximum Gasteiger partial charge on any atom is 0.259 e. The molecular weight excluding hydrogens is 344 g/mol. The highest BCUT2D eigenvalue weighted by molar-refractivity contribution is 5.54. The first-order valence-electron chi connectivity index (χ1n) is 8.33. The van der Waals surface area contributed by atoms with Gasteiger partial charge in [0.2, 0.25) is 5.88 Å². The molecule has 4 rings (SSSR count). The van der Waals surface area contributed by atoms with Crippen molar-refractivity contribution >= 4 is 0 Å². The van der Waals surface area contributed by atoms with Crippen LogP contribution in [0.5, 0.6) is 5.75 Å². The molecule has 0 saturated carbocycles. The van der Waals surface area contributed by atoms with E-state index in [0.29, 0.717) is 23.4 Å². The molecular formula is C20H16N4O3. The summed E-state index contributed by atoms with van der Waals surface area (Å²) in [6.07, 6.45) is 6.41. The van der Waals surface area contributed by atoms with Gasteiger partial charge in [-0.1, -0.05) is 6.07 Å². The van der Waals surface area contributed by atoms with Crippen LogP contribution in [0.25, 0.3) is 0 Å². The number of hydrogen-bond donors (Lipinski definition) is 1. The number of ether oxygens (including phenoxy) is 1. The van der Waals surface area contributed by atoms with Crippen LogP contribution in [0, 0.1) is 18.3 Å². The lowest BCUT2D eigenvalue weighted by atomic mass is 9.85. The van der Waals surface area contributed by atoms with E-state index >= 15 is 0 Å². The third kappa shape index (κ3) is 2.77. The number of hydrogen-bond acceptors (Lipinski definition) is 6. The second-order valence-electron chi connectivity index (χ2n) is 6.30. The Balaban J connectivity index is 1.92. The van der Waals surface area contributed by atoms with Crippen LogP contribution in [0.3, 0.4) is 0 Å². The summed E-state index contributed by atoms with van der Waals surface area (Å²) >= 11 is 0. The van der Waals surface area contributed by atoms with Gasteiger partial charge >= 0.3 is 0 Å². The minimum Gasteiger partial charge on any atom is -0.472 e. The summed E-state index contributed by atoms with van der Waals surface area (Å²) in [5, 5.41) is 9.59. The lowest BCUT2D eigenvalue weighted by molar-refractivity contribution is 0.388. The first-order valence-corrected chi connectivity index (χ1v) is 8.33. The third-order valence-corrected chi connectivity index (χ3v) is 4.63. The molecule has 3 aromatic rings. The van der Waals surface area contributed by atoms with Gasteiger partial charge in [-0.3, -0.25) is 9.78 Å². The number of pyridine rings is 2. The van der Waals surface area contributed by atoms with E-state index in [1.807, 2.05) is 19.1 Å². The minimum absolute atomic E-state index is 0.00000868. The highest BCUT2D eigenvalue weighted by Crippen LogP contribution is 2.40. The minimum atomic E-state index is -0.634. The predicted octanol–water partition coefficient (Wildman–Crippen LogP) is 2.41. The summed E-state index contributed by atoms with van der Waals surface area (Å²) in [7, 11) is 0. The van der Waals surface area contributed by atoms with Gasteiger partial charge in [0.25, 0.3) is 5.56 Å². The predicted molar refractivity (Wildman–Crippen MR) is 96.8 cm³/mol. The molecule has 0 spiro atoms. The second-order valence-corrected chi connectivity index (χ2v) is 6.30. The summed E-state index contributed by atoms with van der Waals surface area (Å²) in [6.45, 7) is 2.19. The SMILES string of the molecule is Cc1cc2c(c(=O)n1Cc1cccnc1)[C@@H](c1ccoc1)C(C#N)=C(N)O2. The maximum atomic E-state index is 13.4. The fourth-order valence-electron chi connectivity index (χ4n) is 3.33. The van der Waals surface area contributed by atoms with Gasteiger partial charge in [-0.15, -0.1) is 0 Å². The van der Waals surface area contributed by atoms with Crippen LogP contribution in [0.2, 0.25) is 0 Å². The number of nitrogens with zero attached hydrogens (tertiary/aromatic N) is 3. The number of allylic oxidation sites excluding steroid dienone is 1. The van der Waals surface area contributed by atoms with Crippen molar-refractivity contribution in [2.24, 2.45) is 5.73 Å². The first kappa shape index (κ1) is 16.7. The van der Waals surface area contributed by atoms with Crippen molar-refractivity contribution in [2.45, 2.75) is 19.4 Å². The molecule has 1 atom stereocenters. The number of rotatable bonds is 3. The van der Waals surface area contributed by atoms with Crippen LogP contribution in [-0.4, -0.2) is 9.55 Å². The summed E-state index contributed by atoms with van der Waals surface area (Å²) in [6, 6.07) is 9.28. The van der Waals surface area contributed by atoms with E-state index in [2.05, 4.69) is 11.1 Å². The Morgan fingerprint density at radius 1 is 1.41 bits per heavy atom. The number of nitriles is 1. The topological polar surface area (TPSA) is 107 Å². The van der Waals surface area contributed by atoms with E-state index < -0.39 is 5.92 Å². The molecule has 0 saturated heterocycles. The summed E-state index contributed by atoms with van der Waals surface area (Å²) in [5.74, 6) is -0.270. The van der Waals surface area contributed by atoms with E-state index in [1.165, 1.54) is 12.5 Å². The average Bonchev–Trinajstić information content (AvgIpc) is 3.19. The van der Waals surface area contributed by atoms with E-state index in [-0.39, 0.29) is 17.0 Å². The van der Waals surface area contributed by atoms with Crippen LogP contribution >= 0.6 is 0 Å². The fraction of sp³-hybridized carbons (Fsp3) is 0.150. The molecule has 2 N–H and O–H groups in total. The fourth-order valence-corrected chi connectivity index (χ4v) is 3.33. The van der Waals surface area contributed by atoms with E-state index in [1.54, 1.807) is 29.1 Å². The van der Waals surface area contributed by atoms with Crippen LogP contribution in [0.4, 0.5) is 0 Å². The molecule has 134 valence electrons. The Labute approximate surface area is 154 Å². The molecule has 0 aliphatic carbocycles. The monoisotopic (exact) mass is 360 g/mol. The zero-order chi connectivity index (χ0) is 19.0. The molecule has 3 aromatic heterocycles. The molecule has 27 heavy (non-hydrogen) atoms. The zero-order valence-electron chi connectivity index (χ0n) is 14.5. The van der Waals surface area contributed by atoms with Gasteiger partial charge in [0.05, 0.1) is 30.6 Å². The first-order chi connectivity index (χ1) is 13.1. The highest BCUT2D eigenvalue weighted by atomic mass is 16.5. The summed E-state index contributed by atoms with van der Waals surface area (Å²) in [4.78, 5) is 17.5. The van der Waals surface area contributed by atoms with Crippen molar-refractivity contribution in [1.82, 2.24) is 9.55 Å². The molecule has 0 fully saturated rings. The molecule has 1 aliphatic heterocycles. The quantitative estimate of drug-likeness (QED) is 0.768. The second kappa shape index (κ2) is 6.50. The van der Waals surface area contributed by atoms with Crippen LogP contribution in [0.15, 0.2) is 69.9 Å². The number of aryl methyl sites for hydroxylation is 1. The van der Waals surface area contributed by atoms with E-state index in [9.17, 15) is 10.1 Å². The Morgan fingerprint density at radius 3 is 2.93 bits per heavy atom. The van der Waals surface area contributed by atoms with Gasteiger partial charge in [-0.2, -0.15) is 5.26 Å². The van der Waals surface area contributed by atoms with Crippen molar-refractivity contribution in [3.63, 3.8) is 0 Å².